The Labute approximate surface area is 156 Å². The number of nitrogens with one attached hydrogen (secondary N) is 1. The minimum atomic E-state index is -0.342. The molecular formula is C18H22N6O3. The van der Waals surface area contributed by atoms with Crippen LogP contribution in [0.25, 0.3) is 11.0 Å². The van der Waals surface area contributed by atoms with Gasteiger partial charge in [-0.25, -0.2) is 4.79 Å². The number of carbonyl (C=O) groups is 1. The van der Waals surface area contributed by atoms with Gasteiger partial charge >= 0.3 is 5.97 Å². The van der Waals surface area contributed by atoms with Crippen molar-refractivity contribution in [1.29, 1.82) is 0 Å². The molecule has 0 unspecified atom stereocenters. The number of nitrogens with two attached hydrogens (primary N) is 2. The van der Waals surface area contributed by atoms with E-state index in [0.29, 0.717) is 41.7 Å². The first-order chi connectivity index (χ1) is 12.9. The third-order valence-electron chi connectivity index (χ3n) is 4.30. The molecule has 142 valence electrons. The van der Waals surface area contributed by atoms with E-state index in [0.717, 1.165) is 5.69 Å². The second kappa shape index (κ2) is 7.40. The van der Waals surface area contributed by atoms with Crippen LogP contribution >= 0.6 is 0 Å². The van der Waals surface area contributed by atoms with Crippen molar-refractivity contribution in [3.8, 4) is 5.88 Å². The first kappa shape index (κ1) is 18.3. The number of rotatable bonds is 6. The molecule has 0 atom stereocenters. The minimum Gasteiger partial charge on any atom is -0.494 e. The zero-order valence-electron chi connectivity index (χ0n) is 15.2. The fourth-order valence-electron chi connectivity index (χ4n) is 2.91. The van der Waals surface area contributed by atoms with Crippen LogP contribution in [0.3, 0.4) is 0 Å². The molecule has 0 bridgehead atoms. The van der Waals surface area contributed by atoms with E-state index in [1.807, 2.05) is 24.1 Å². The standard InChI is InChI=1S/C18H22N6O3/c1-3-27-17(26)10-4-6-11(7-5-10)24(2)9-8-12-13-14(19)21-18(20)23-15(13)22-16(12)25/h4-7,25H,3,8-9H2,1-2H3,(H5,19,20,21,22,23). The molecule has 0 aliphatic carbocycles. The number of aromatic nitrogens is 3. The van der Waals surface area contributed by atoms with Crippen LogP contribution in [0.15, 0.2) is 24.3 Å². The second-order valence-corrected chi connectivity index (χ2v) is 6.08. The van der Waals surface area contributed by atoms with Crippen LogP contribution in [-0.2, 0) is 11.2 Å². The van der Waals surface area contributed by atoms with Gasteiger partial charge in [-0.1, -0.05) is 0 Å². The lowest BCUT2D eigenvalue weighted by molar-refractivity contribution is 0.0526. The van der Waals surface area contributed by atoms with Gasteiger partial charge in [-0.15, -0.1) is 0 Å². The highest BCUT2D eigenvalue weighted by molar-refractivity contribution is 5.92. The Hall–Kier alpha value is -3.49. The van der Waals surface area contributed by atoms with Crippen molar-refractivity contribution in [2.75, 3.05) is 36.6 Å². The molecule has 2 aromatic heterocycles. The average molecular weight is 370 g/mol. The smallest absolute Gasteiger partial charge is 0.338 e. The van der Waals surface area contributed by atoms with Gasteiger partial charge in [0.1, 0.15) is 11.5 Å². The van der Waals surface area contributed by atoms with Gasteiger partial charge in [-0.2, -0.15) is 9.97 Å². The largest absolute Gasteiger partial charge is 0.494 e. The van der Waals surface area contributed by atoms with E-state index in [4.69, 9.17) is 16.2 Å². The van der Waals surface area contributed by atoms with E-state index in [1.165, 1.54) is 0 Å². The maximum absolute atomic E-state index is 11.7. The Morgan fingerprint density at radius 2 is 1.96 bits per heavy atom. The summed E-state index contributed by atoms with van der Waals surface area (Å²) >= 11 is 0. The Bertz CT molecular complexity index is 967. The Morgan fingerprint density at radius 1 is 1.26 bits per heavy atom. The Balaban J connectivity index is 1.74. The summed E-state index contributed by atoms with van der Waals surface area (Å²) < 4.78 is 4.98. The summed E-state index contributed by atoms with van der Waals surface area (Å²) in [5.41, 5.74) is 14.0. The lowest BCUT2D eigenvalue weighted by atomic mass is 10.1. The fraction of sp³-hybridized carbons (Fsp3) is 0.278. The van der Waals surface area contributed by atoms with Gasteiger partial charge in [0.25, 0.3) is 0 Å². The topological polar surface area (TPSA) is 143 Å². The second-order valence-electron chi connectivity index (χ2n) is 6.08. The molecule has 0 aliphatic rings. The molecule has 0 amide bonds. The van der Waals surface area contributed by atoms with Crippen molar-refractivity contribution >= 4 is 34.5 Å². The number of hydrogen-bond acceptors (Lipinski definition) is 8. The van der Waals surface area contributed by atoms with Crippen LogP contribution < -0.4 is 16.4 Å². The summed E-state index contributed by atoms with van der Waals surface area (Å²) in [5.74, 6) is -0.0649. The fourth-order valence-corrected chi connectivity index (χ4v) is 2.91. The molecule has 2 heterocycles. The molecule has 0 saturated carbocycles. The number of H-pyrrole nitrogens is 1. The lowest BCUT2D eigenvalue weighted by Crippen LogP contribution is -2.20. The molecule has 0 spiro atoms. The van der Waals surface area contributed by atoms with Gasteiger partial charge < -0.3 is 31.2 Å². The maximum atomic E-state index is 11.7. The molecule has 0 radical (unpaired) electrons. The van der Waals surface area contributed by atoms with Crippen molar-refractivity contribution in [2.45, 2.75) is 13.3 Å². The minimum absolute atomic E-state index is 0.00246. The van der Waals surface area contributed by atoms with Crippen LogP contribution in [0, 0.1) is 0 Å². The van der Waals surface area contributed by atoms with Gasteiger partial charge in [-0.3, -0.25) is 0 Å². The number of hydrogen-bond donors (Lipinski definition) is 4. The zero-order chi connectivity index (χ0) is 19.6. The monoisotopic (exact) mass is 370 g/mol. The molecule has 9 nitrogen and oxygen atoms in total. The van der Waals surface area contributed by atoms with Gasteiger partial charge in [0.05, 0.1) is 17.6 Å². The highest BCUT2D eigenvalue weighted by Gasteiger charge is 2.17. The van der Waals surface area contributed by atoms with E-state index < -0.39 is 0 Å². The Kier molecular flexibility index (Phi) is 5.02. The normalized spacial score (nSPS) is 10.9. The third-order valence-corrected chi connectivity index (χ3v) is 4.30. The molecule has 3 rings (SSSR count). The summed E-state index contributed by atoms with van der Waals surface area (Å²) in [4.78, 5) is 24.5. The van der Waals surface area contributed by atoms with Crippen molar-refractivity contribution < 1.29 is 14.6 Å². The predicted octanol–water partition coefficient (Wildman–Crippen LogP) is 1.68. The van der Waals surface area contributed by atoms with E-state index in [1.54, 1.807) is 19.1 Å². The maximum Gasteiger partial charge on any atom is 0.338 e. The molecule has 6 N–H and O–H groups in total. The molecule has 27 heavy (non-hydrogen) atoms. The number of anilines is 3. The summed E-state index contributed by atoms with van der Waals surface area (Å²) in [5, 5.41) is 10.8. The van der Waals surface area contributed by atoms with Crippen LogP contribution in [-0.4, -0.2) is 46.2 Å². The summed E-state index contributed by atoms with van der Waals surface area (Å²) in [7, 11) is 1.92. The first-order valence-electron chi connectivity index (χ1n) is 8.51. The number of nitrogen functional groups attached to an aromatic ring is 2. The van der Waals surface area contributed by atoms with Gasteiger partial charge in [0.2, 0.25) is 5.95 Å². The summed E-state index contributed by atoms with van der Waals surface area (Å²) in [6, 6.07) is 7.14. The quantitative estimate of drug-likeness (QED) is 0.480. The first-order valence-corrected chi connectivity index (χ1v) is 8.51. The number of aromatic amines is 1. The third kappa shape index (κ3) is 3.71. The van der Waals surface area contributed by atoms with Crippen LogP contribution in [0.4, 0.5) is 17.5 Å². The van der Waals surface area contributed by atoms with Crippen LogP contribution in [0.1, 0.15) is 22.8 Å². The number of carbonyl (C=O) groups excluding carboxylic acids is 1. The van der Waals surface area contributed by atoms with Gasteiger partial charge in [-0.05, 0) is 37.6 Å². The number of fused-ring (bicyclic) bond motifs is 1. The number of esters is 1. The highest BCUT2D eigenvalue weighted by atomic mass is 16.5. The van der Waals surface area contributed by atoms with E-state index in [2.05, 4.69) is 15.0 Å². The number of ether oxygens (including phenoxy) is 1. The van der Waals surface area contributed by atoms with Crippen molar-refractivity contribution in [2.24, 2.45) is 0 Å². The Morgan fingerprint density at radius 3 is 2.63 bits per heavy atom. The highest BCUT2D eigenvalue weighted by Crippen LogP contribution is 2.30. The predicted molar refractivity (Wildman–Crippen MR) is 104 cm³/mol. The molecule has 1 aromatic carbocycles. The number of nitrogens with zero attached hydrogens (tertiary/aromatic N) is 3. The molecule has 9 heteroatoms. The van der Waals surface area contributed by atoms with Crippen molar-refractivity contribution in [1.82, 2.24) is 15.0 Å². The van der Waals surface area contributed by atoms with Crippen molar-refractivity contribution in [3.63, 3.8) is 0 Å². The molecule has 3 aromatic rings. The summed E-state index contributed by atoms with van der Waals surface area (Å²) in [6.45, 7) is 2.71. The van der Waals surface area contributed by atoms with E-state index in [-0.39, 0.29) is 23.6 Å². The van der Waals surface area contributed by atoms with E-state index in [9.17, 15) is 9.90 Å². The number of benzene rings is 1. The van der Waals surface area contributed by atoms with Gasteiger partial charge in [0, 0.05) is 24.8 Å². The van der Waals surface area contributed by atoms with Crippen LogP contribution in [0.2, 0.25) is 0 Å². The zero-order valence-corrected chi connectivity index (χ0v) is 15.2. The number of aromatic hydroxyl groups is 1. The van der Waals surface area contributed by atoms with E-state index >= 15 is 0 Å². The van der Waals surface area contributed by atoms with Crippen molar-refractivity contribution in [3.05, 3.63) is 35.4 Å². The number of likely N-dealkylation sites (N-methyl/N-ethyl adjacent to an activating group) is 1. The molecule has 0 saturated heterocycles. The SMILES string of the molecule is CCOC(=O)c1ccc(N(C)CCc2c(O)[nH]c3nc(N)nc(N)c23)cc1. The lowest BCUT2D eigenvalue weighted by Gasteiger charge is -2.19. The molecular weight excluding hydrogens is 348 g/mol. The molecule has 0 aliphatic heterocycles. The summed E-state index contributed by atoms with van der Waals surface area (Å²) in [6.07, 6.45) is 0.513. The average Bonchev–Trinajstić information content (AvgIpc) is 2.95. The van der Waals surface area contributed by atoms with Gasteiger partial charge in [0.15, 0.2) is 5.88 Å². The van der Waals surface area contributed by atoms with Crippen LogP contribution in [0.5, 0.6) is 5.88 Å². The molecule has 0 fully saturated rings.